The van der Waals surface area contributed by atoms with Gasteiger partial charge in [-0.15, -0.1) is 0 Å². The molecule has 0 aromatic heterocycles. The zero-order valence-corrected chi connectivity index (χ0v) is 11.6. The number of hydrogen-bond donors (Lipinski definition) is 1. The van der Waals surface area contributed by atoms with Crippen LogP contribution in [0, 0.1) is 0 Å². The monoisotopic (exact) mass is 234 g/mol. The molecule has 1 aromatic carbocycles. The van der Waals surface area contributed by atoms with E-state index in [1.807, 2.05) is 0 Å². The average Bonchev–Trinajstić information content (AvgIpc) is 2.35. The normalized spacial score (nSPS) is 13.4. The van der Waals surface area contributed by atoms with E-state index in [0.29, 0.717) is 5.92 Å². The van der Waals surface area contributed by atoms with Crippen LogP contribution < -0.4 is 5.73 Å². The Morgan fingerprint density at radius 3 is 1.88 bits per heavy atom. The van der Waals surface area contributed by atoms with Gasteiger partial charge in [-0.05, 0) is 30.1 Å². The van der Waals surface area contributed by atoms with Gasteiger partial charge in [0, 0.05) is 12.6 Å². The SMILES string of the molecule is CCN(CC)CC(N)c1ccc(C(C)C)cc1. The van der Waals surface area contributed by atoms with Crippen molar-refractivity contribution in [2.45, 2.75) is 39.7 Å². The van der Waals surface area contributed by atoms with Crippen molar-refractivity contribution in [3.8, 4) is 0 Å². The summed E-state index contributed by atoms with van der Waals surface area (Å²) in [4.78, 5) is 2.36. The Morgan fingerprint density at radius 2 is 1.47 bits per heavy atom. The molecule has 0 fully saturated rings. The van der Waals surface area contributed by atoms with E-state index in [-0.39, 0.29) is 6.04 Å². The van der Waals surface area contributed by atoms with Gasteiger partial charge in [0.25, 0.3) is 0 Å². The maximum absolute atomic E-state index is 6.23. The van der Waals surface area contributed by atoms with Crippen LogP contribution in [0.5, 0.6) is 0 Å². The summed E-state index contributed by atoms with van der Waals surface area (Å²) in [5, 5.41) is 0. The van der Waals surface area contributed by atoms with Crippen molar-refractivity contribution in [1.29, 1.82) is 0 Å². The third-order valence-electron chi connectivity index (χ3n) is 3.38. The molecule has 0 aliphatic rings. The van der Waals surface area contributed by atoms with Crippen molar-refractivity contribution in [2.24, 2.45) is 5.73 Å². The van der Waals surface area contributed by atoms with Gasteiger partial charge in [-0.1, -0.05) is 52.0 Å². The van der Waals surface area contributed by atoms with Gasteiger partial charge in [-0.3, -0.25) is 0 Å². The summed E-state index contributed by atoms with van der Waals surface area (Å²) in [6, 6.07) is 8.85. The Bertz CT molecular complexity index is 312. The van der Waals surface area contributed by atoms with Gasteiger partial charge in [-0.2, -0.15) is 0 Å². The Labute approximate surface area is 106 Å². The molecule has 0 aliphatic carbocycles. The topological polar surface area (TPSA) is 29.3 Å². The fourth-order valence-corrected chi connectivity index (χ4v) is 1.99. The van der Waals surface area contributed by atoms with Crippen LogP contribution in [0.4, 0.5) is 0 Å². The minimum Gasteiger partial charge on any atom is -0.323 e. The molecular weight excluding hydrogens is 208 g/mol. The lowest BCUT2D eigenvalue weighted by atomic mass is 9.99. The van der Waals surface area contributed by atoms with E-state index in [1.54, 1.807) is 0 Å². The molecule has 0 aliphatic heterocycles. The Balaban J connectivity index is 2.66. The van der Waals surface area contributed by atoms with E-state index < -0.39 is 0 Å². The van der Waals surface area contributed by atoms with E-state index in [1.165, 1.54) is 11.1 Å². The van der Waals surface area contributed by atoms with E-state index in [0.717, 1.165) is 19.6 Å². The number of hydrogen-bond acceptors (Lipinski definition) is 2. The van der Waals surface area contributed by atoms with Gasteiger partial charge >= 0.3 is 0 Å². The predicted molar refractivity (Wildman–Crippen MR) is 75.2 cm³/mol. The summed E-state index contributed by atoms with van der Waals surface area (Å²) >= 11 is 0. The van der Waals surface area contributed by atoms with E-state index >= 15 is 0 Å². The van der Waals surface area contributed by atoms with Crippen molar-refractivity contribution in [1.82, 2.24) is 4.90 Å². The van der Waals surface area contributed by atoms with Gasteiger partial charge in [0.15, 0.2) is 0 Å². The standard InChI is InChI=1S/C15H26N2/c1-5-17(6-2)11-15(16)14-9-7-13(8-10-14)12(3)4/h7-10,12,15H,5-6,11,16H2,1-4H3. The lowest BCUT2D eigenvalue weighted by Gasteiger charge is -2.23. The van der Waals surface area contributed by atoms with E-state index in [2.05, 4.69) is 56.9 Å². The lowest BCUT2D eigenvalue weighted by Crippen LogP contribution is -2.31. The maximum Gasteiger partial charge on any atom is 0.0424 e. The van der Waals surface area contributed by atoms with Gasteiger partial charge < -0.3 is 10.6 Å². The molecule has 0 bridgehead atoms. The fourth-order valence-electron chi connectivity index (χ4n) is 1.99. The predicted octanol–water partition coefficient (Wildman–Crippen LogP) is 3.15. The van der Waals surface area contributed by atoms with Crippen molar-refractivity contribution in [3.63, 3.8) is 0 Å². The second-order valence-electron chi connectivity index (χ2n) is 4.91. The molecule has 2 N–H and O–H groups in total. The molecule has 0 amide bonds. The van der Waals surface area contributed by atoms with Crippen LogP contribution in [0.3, 0.4) is 0 Å². The summed E-state index contributed by atoms with van der Waals surface area (Å²) in [5.41, 5.74) is 8.85. The largest absolute Gasteiger partial charge is 0.323 e. The number of nitrogens with two attached hydrogens (primary N) is 1. The maximum atomic E-state index is 6.23. The molecule has 2 heteroatoms. The zero-order valence-electron chi connectivity index (χ0n) is 11.6. The molecule has 0 heterocycles. The van der Waals surface area contributed by atoms with Gasteiger partial charge in [0.2, 0.25) is 0 Å². The molecular formula is C15H26N2. The van der Waals surface area contributed by atoms with Crippen molar-refractivity contribution < 1.29 is 0 Å². The van der Waals surface area contributed by atoms with Crippen LogP contribution in [0.25, 0.3) is 0 Å². The first-order valence-corrected chi connectivity index (χ1v) is 6.66. The Kier molecular flexibility index (Phi) is 5.66. The lowest BCUT2D eigenvalue weighted by molar-refractivity contribution is 0.284. The molecule has 0 saturated carbocycles. The van der Waals surface area contributed by atoms with Crippen LogP contribution in [0.2, 0.25) is 0 Å². The molecule has 0 radical (unpaired) electrons. The van der Waals surface area contributed by atoms with Crippen LogP contribution >= 0.6 is 0 Å². The quantitative estimate of drug-likeness (QED) is 0.819. The second-order valence-corrected chi connectivity index (χ2v) is 4.91. The summed E-state index contributed by atoms with van der Waals surface area (Å²) in [5.74, 6) is 0.586. The van der Waals surface area contributed by atoms with Crippen LogP contribution in [0.15, 0.2) is 24.3 Å². The van der Waals surface area contributed by atoms with Crippen molar-refractivity contribution in [3.05, 3.63) is 35.4 Å². The highest BCUT2D eigenvalue weighted by Gasteiger charge is 2.10. The summed E-state index contributed by atoms with van der Waals surface area (Å²) in [7, 11) is 0. The summed E-state index contributed by atoms with van der Waals surface area (Å²) < 4.78 is 0. The molecule has 1 aromatic rings. The first-order valence-electron chi connectivity index (χ1n) is 6.66. The molecule has 17 heavy (non-hydrogen) atoms. The first-order chi connectivity index (χ1) is 8.08. The molecule has 2 nitrogen and oxygen atoms in total. The van der Waals surface area contributed by atoms with Gasteiger partial charge in [-0.25, -0.2) is 0 Å². The van der Waals surface area contributed by atoms with Crippen LogP contribution in [-0.4, -0.2) is 24.5 Å². The highest BCUT2D eigenvalue weighted by molar-refractivity contribution is 5.26. The molecule has 96 valence electrons. The number of rotatable bonds is 6. The van der Waals surface area contributed by atoms with Crippen molar-refractivity contribution in [2.75, 3.05) is 19.6 Å². The summed E-state index contributed by atoms with van der Waals surface area (Å²) in [6.45, 7) is 11.8. The highest BCUT2D eigenvalue weighted by atomic mass is 15.1. The number of nitrogens with zero attached hydrogens (tertiary/aromatic N) is 1. The van der Waals surface area contributed by atoms with Crippen molar-refractivity contribution >= 4 is 0 Å². The average molecular weight is 234 g/mol. The first kappa shape index (κ1) is 14.2. The number of likely N-dealkylation sites (N-methyl/N-ethyl adjacent to an activating group) is 1. The number of benzene rings is 1. The molecule has 0 saturated heterocycles. The minimum absolute atomic E-state index is 0.121. The molecule has 1 unspecified atom stereocenters. The van der Waals surface area contributed by atoms with E-state index in [4.69, 9.17) is 5.73 Å². The summed E-state index contributed by atoms with van der Waals surface area (Å²) in [6.07, 6.45) is 0. The fraction of sp³-hybridized carbons (Fsp3) is 0.600. The smallest absolute Gasteiger partial charge is 0.0424 e. The van der Waals surface area contributed by atoms with E-state index in [9.17, 15) is 0 Å². The van der Waals surface area contributed by atoms with Crippen LogP contribution in [-0.2, 0) is 0 Å². The zero-order chi connectivity index (χ0) is 12.8. The van der Waals surface area contributed by atoms with Gasteiger partial charge in [0.05, 0.1) is 0 Å². The third kappa shape index (κ3) is 4.14. The van der Waals surface area contributed by atoms with Crippen LogP contribution in [0.1, 0.15) is 50.8 Å². The molecule has 0 spiro atoms. The third-order valence-corrected chi connectivity index (χ3v) is 3.38. The highest BCUT2D eigenvalue weighted by Crippen LogP contribution is 2.18. The Morgan fingerprint density at radius 1 is 1.00 bits per heavy atom. The minimum atomic E-state index is 0.121. The molecule has 1 atom stereocenters. The van der Waals surface area contributed by atoms with Gasteiger partial charge in [0.1, 0.15) is 0 Å². The second kappa shape index (κ2) is 6.77. The Hall–Kier alpha value is -0.860. The molecule has 1 rings (SSSR count).